The lowest BCUT2D eigenvalue weighted by atomic mass is 9.91. The number of H-pyrrole nitrogens is 1. The van der Waals surface area contributed by atoms with E-state index in [1.165, 1.54) is 6.20 Å². The Labute approximate surface area is 183 Å². The van der Waals surface area contributed by atoms with Gasteiger partial charge in [0.15, 0.2) is 0 Å². The minimum Gasteiger partial charge on any atom is -0.368 e. The number of imidazole rings is 1. The van der Waals surface area contributed by atoms with E-state index in [0.29, 0.717) is 11.2 Å². The van der Waals surface area contributed by atoms with Gasteiger partial charge in [-0.15, -0.1) is 0 Å². The van der Waals surface area contributed by atoms with E-state index in [1.807, 2.05) is 37.3 Å². The van der Waals surface area contributed by atoms with E-state index >= 15 is 0 Å². The van der Waals surface area contributed by atoms with Gasteiger partial charge >= 0.3 is 0 Å². The Bertz CT molecular complexity index is 1270. The molecule has 1 saturated carbocycles. The second-order valence-corrected chi connectivity index (χ2v) is 8.31. The predicted molar refractivity (Wildman–Crippen MR) is 118 cm³/mol. The van der Waals surface area contributed by atoms with Gasteiger partial charge in [0.2, 0.25) is 0 Å². The molecule has 1 fully saturated rings. The van der Waals surface area contributed by atoms with Gasteiger partial charge in [-0.3, -0.25) is 14.3 Å². The van der Waals surface area contributed by atoms with Crippen molar-refractivity contribution in [3.8, 4) is 0 Å². The molecule has 0 bridgehead atoms. The van der Waals surface area contributed by atoms with Crippen LogP contribution in [0.4, 0.5) is 14.6 Å². The van der Waals surface area contributed by atoms with Gasteiger partial charge in [0.1, 0.15) is 17.2 Å². The highest BCUT2D eigenvalue weighted by Gasteiger charge is 2.24. The molecule has 0 spiro atoms. The molecular formula is C23H24F2N6O. The number of hydrogen-bond donors (Lipinski definition) is 3. The zero-order valence-corrected chi connectivity index (χ0v) is 17.6. The van der Waals surface area contributed by atoms with E-state index in [2.05, 4.69) is 25.8 Å². The number of fused-ring (bicyclic) bond motifs is 2. The molecule has 4 aromatic rings. The highest BCUT2D eigenvalue weighted by molar-refractivity contribution is 6.06. The maximum absolute atomic E-state index is 13.0. The standard InChI is InChI=1S/C23H24F2N6O/c1-13-16-4-2-5-17(21(16)30-29-13)23(32)27-15-10-8-14(9-11-15)26-19-6-3-7-20-28-18(22(24)25)12-31(19)20/h2-7,12,14-15,22,26H,8-11H2,1H3,(H,27,32)(H,29,30)/t14-,15+. The lowest BCUT2D eigenvalue weighted by Crippen LogP contribution is -2.40. The Balaban J connectivity index is 1.22. The number of carbonyl (C=O) groups is 1. The number of alkyl halides is 2. The number of anilines is 1. The van der Waals surface area contributed by atoms with Crippen LogP contribution in [0.25, 0.3) is 16.6 Å². The molecule has 3 N–H and O–H groups in total. The van der Waals surface area contributed by atoms with Crippen LogP contribution in [0.3, 0.4) is 0 Å². The summed E-state index contributed by atoms with van der Waals surface area (Å²) >= 11 is 0. The molecule has 7 nitrogen and oxygen atoms in total. The Hall–Kier alpha value is -3.49. The van der Waals surface area contributed by atoms with Gasteiger partial charge in [-0.25, -0.2) is 13.8 Å². The van der Waals surface area contributed by atoms with Crippen LogP contribution in [0.1, 0.15) is 53.9 Å². The lowest BCUT2D eigenvalue weighted by Gasteiger charge is -2.30. The number of aromatic amines is 1. The summed E-state index contributed by atoms with van der Waals surface area (Å²) in [5.74, 6) is 0.647. The average molecular weight is 438 g/mol. The van der Waals surface area contributed by atoms with Gasteiger partial charge in [-0.1, -0.05) is 18.2 Å². The summed E-state index contributed by atoms with van der Waals surface area (Å²) < 4.78 is 27.7. The van der Waals surface area contributed by atoms with Crippen LogP contribution < -0.4 is 10.6 Å². The van der Waals surface area contributed by atoms with Gasteiger partial charge in [0.05, 0.1) is 16.8 Å². The second kappa shape index (κ2) is 8.22. The maximum Gasteiger partial charge on any atom is 0.281 e. The van der Waals surface area contributed by atoms with Crippen molar-refractivity contribution < 1.29 is 13.6 Å². The fourth-order valence-corrected chi connectivity index (χ4v) is 4.47. The molecule has 166 valence electrons. The van der Waals surface area contributed by atoms with Crippen LogP contribution in [-0.2, 0) is 0 Å². The number of aryl methyl sites for hydroxylation is 1. The average Bonchev–Trinajstić information content (AvgIpc) is 3.40. The number of aromatic nitrogens is 4. The van der Waals surface area contributed by atoms with Gasteiger partial charge < -0.3 is 10.6 Å². The molecule has 0 atom stereocenters. The van der Waals surface area contributed by atoms with Crippen LogP contribution in [0.15, 0.2) is 42.6 Å². The van der Waals surface area contributed by atoms with Crippen molar-refractivity contribution in [2.24, 2.45) is 0 Å². The van der Waals surface area contributed by atoms with Gasteiger partial charge in [-0.2, -0.15) is 5.10 Å². The largest absolute Gasteiger partial charge is 0.368 e. The quantitative estimate of drug-likeness (QED) is 0.425. The molecule has 3 heterocycles. The summed E-state index contributed by atoms with van der Waals surface area (Å²) in [6, 6.07) is 11.3. The topological polar surface area (TPSA) is 87.1 Å². The van der Waals surface area contributed by atoms with Crippen molar-refractivity contribution in [3.63, 3.8) is 0 Å². The highest BCUT2D eigenvalue weighted by Crippen LogP contribution is 2.26. The van der Waals surface area contributed by atoms with Gasteiger partial charge in [0.25, 0.3) is 12.3 Å². The predicted octanol–water partition coefficient (Wildman–Crippen LogP) is 4.61. The first-order valence-electron chi connectivity index (χ1n) is 10.8. The number of halogens is 2. The molecule has 1 aromatic carbocycles. The molecule has 3 aromatic heterocycles. The van der Waals surface area contributed by atoms with Crippen LogP contribution >= 0.6 is 0 Å². The molecule has 9 heteroatoms. The Morgan fingerprint density at radius 3 is 2.66 bits per heavy atom. The molecule has 0 unspecified atom stereocenters. The van der Waals surface area contributed by atoms with Crippen molar-refractivity contribution in [2.45, 2.75) is 51.1 Å². The number of rotatable bonds is 5. The first-order valence-corrected chi connectivity index (χ1v) is 10.8. The fraction of sp³-hybridized carbons (Fsp3) is 0.348. The minimum atomic E-state index is -2.60. The SMILES string of the molecule is Cc1n[nH]c2c(C(=O)N[C@H]3CC[C@@H](Nc4cccc5nc(C(F)F)cn45)CC3)cccc12. The van der Waals surface area contributed by atoms with Crippen LogP contribution in [-0.4, -0.2) is 37.6 Å². The third-order valence-corrected chi connectivity index (χ3v) is 6.18. The summed E-state index contributed by atoms with van der Waals surface area (Å²) in [6.45, 7) is 1.91. The normalized spacial score (nSPS) is 19.0. The lowest BCUT2D eigenvalue weighted by molar-refractivity contribution is 0.0928. The zero-order valence-electron chi connectivity index (χ0n) is 17.6. The molecule has 0 radical (unpaired) electrons. The van der Waals surface area contributed by atoms with Gasteiger partial charge in [0, 0.05) is 23.7 Å². The molecule has 1 aliphatic carbocycles. The molecule has 1 amide bonds. The van der Waals surface area contributed by atoms with Crippen molar-refractivity contribution >= 4 is 28.3 Å². The van der Waals surface area contributed by atoms with Crippen LogP contribution in [0.2, 0.25) is 0 Å². The number of carbonyl (C=O) groups excluding carboxylic acids is 1. The minimum absolute atomic E-state index is 0.0919. The van der Waals surface area contributed by atoms with E-state index in [0.717, 1.165) is 48.1 Å². The summed E-state index contributed by atoms with van der Waals surface area (Å²) in [4.78, 5) is 16.8. The third-order valence-electron chi connectivity index (χ3n) is 6.18. The summed E-state index contributed by atoms with van der Waals surface area (Å²) in [5, 5.41) is 14.7. The smallest absolute Gasteiger partial charge is 0.281 e. The van der Waals surface area contributed by atoms with E-state index in [9.17, 15) is 13.6 Å². The first-order chi connectivity index (χ1) is 15.5. The number of amides is 1. The van der Waals surface area contributed by atoms with Crippen molar-refractivity contribution in [1.29, 1.82) is 0 Å². The van der Waals surface area contributed by atoms with Crippen molar-refractivity contribution in [1.82, 2.24) is 24.9 Å². The van der Waals surface area contributed by atoms with Gasteiger partial charge in [-0.05, 0) is 50.8 Å². The number of pyridine rings is 1. The van der Waals surface area contributed by atoms with E-state index in [4.69, 9.17) is 0 Å². The Kier molecular flexibility index (Phi) is 5.24. The van der Waals surface area contributed by atoms with E-state index in [1.54, 1.807) is 10.5 Å². The second-order valence-electron chi connectivity index (χ2n) is 8.31. The third kappa shape index (κ3) is 3.79. The zero-order chi connectivity index (χ0) is 22.2. The van der Waals surface area contributed by atoms with E-state index in [-0.39, 0.29) is 23.7 Å². The summed E-state index contributed by atoms with van der Waals surface area (Å²) in [6.07, 6.45) is 2.19. The van der Waals surface area contributed by atoms with Crippen molar-refractivity contribution in [3.05, 3.63) is 59.5 Å². The summed E-state index contributed by atoms with van der Waals surface area (Å²) in [7, 11) is 0. The van der Waals surface area contributed by atoms with Crippen LogP contribution in [0.5, 0.6) is 0 Å². The number of hydrogen-bond acceptors (Lipinski definition) is 4. The monoisotopic (exact) mass is 438 g/mol. The number of benzene rings is 1. The van der Waals surface area contributed by atoms with Crippen LogP contribution in [0, 0.1) is 6.92 Å². The summed E-state index contributed by atoms with van der Waals surface area (Å²) in [5.41, 5.74) is 2.50. The molecule has 5 rings (SSSR count). The Morgan fingerprint density at radius 2 is 1.88 bits per heavy atom. The molecule has 0 saturated heterocycles. The number of para-hydroxylation sites is 1. The highest BCUT2D eigenvalue weighted by atomic mass is 19.3. The van der Waals surface area contributed by atoms with Crippen molar-refractivity contribution in [2.75, 3.05) is 5.32 Å². The fourth-order valence-electron chi connectivity index (χ4n) is 4.47. The first kappa shape index (κ1) is 20.4. The molecule has 32 heavy (non-hydrogen) atoms. The van der Waals surface area contributed by atoms with E-state index < -0.39 is 6.43 Å². The Morgan fingerprint density at radius 1 is 1.12 bits per heavy atom. The maximum atomic E-state index is 13.0. The number of nitrogens with zero attached hydrogens (tertiary/aromatic N) is 3. The molecule has 1 aliphatic rings. The number of nitrogens with one attached hydrogen (secondary N) is 3. The molecular weight excluding hydrogens is 414 g/mol. The molecule has 0 aliphatic heterocycles.